The first kappa shape index (κ1) is 16.2. The van der Waals surface area contributed by atoms with Crippen molar-refractivity contribution < 1.29 is 9.18 Å². The van der Waals surface area contributed by atoms with E-state index in [4.69, 9.17) is 0 Å². The van der Waals surface area contributed by atoms with Gasteiger partial charge in [-0.2, -0.15) is 0 Å². The number of carbonyl (C=O) groups excluding carboxylic acids is 1. The number of rotatable bonds is 3. The molecule has 0 radical (unpaired) electrons. The molecular formula is C16H14Br2FNO. The highest BCUT2D eigenvalue weighted by Gasteiger charge is 2.24. The second-order valence-electron chi connectivity index (χ2n) is 5.19. The van der Waals surface area contributed by atoms with Crippen LogP contribution in [-0.2, 0) is 5.54 Å². The summed E-state index contributed by atoms with van der Waals surface area (Å²) in [5, 5.41) is 2.93. The molecule has 0 heterocycles. The van der Waals surface area contributed by atoms with Crippen LogP contribution in [0.3, 0.4) is 0 Å². The lowest BCUT2D eigenvalue weighted by Crippen LogP contribution is -2.41. The fraction of sp³-hybridized carbons (Fsp3) is 0.188. The molecule has 2 aromatic carbocycles. The molecule has 2 aromatic rings. The van der Waals surface area contributed by atoms with E-state index in [0.29, 0.717) is 0 Å². The Bertz CT molecular complexity index is 668. The number of hydrogen-bond acceptors (Lipinski definition) is 1. The third-order valence-corrected chi connectivity index (χ3v) is 4.52. The summed E-state index contributed by atoms with van der Waals surface area (Å²) < 4.78 is 14.7. The molecule has 0 unspecified atom stereocenters. The van der Waals surface area contributed by atoms with E-state index in [9.17, 15) is 9.18 Å². The molecule has 2 rings (SSSR count). The zero-order valence-corrected chi connectivity index (χ0v) is 14.8. The highest BCUT2D eigenvalue weighted by atomic mass is 79.9. The molecular weight excluding hydrogens is 401 g/mol. The molecule has 0 aliphatic heterocycles. The fourth-order valence-electron chi connectivity index (χ4n) is 1.97. The van der Waals surface area contributed by atoms with E-state index < -0.39 is 11.4 Å². The maximum atomic E-state index is 13.5. The summed E-state index contributed by atoms with van der Waals surface area (Å²) in [5.74, 6) is -0.779. The minimum absolute atomic E-state index is 0.175. The lowest BCUT2D eigenvalue weighted by atomic mass is 9.94. The Morgan fingerprint density at radius 2 is 1.71 bits per heavy atom. The average Bonchev–Trinajstić information content (AvgIpc) is 2.41. The van der Waals surface area contributed by atoms with E-state index in [1.807, 2.05) is 38.1 Å². The molecule has 0 bridgehead atoms. The maximum absolute atomic E-state index is 13.5. The van der Waals surface area contributed by atoms with Crippen molar-refractivity contribution in [1.82, 2.24) is 5.32 Å². The Morgan fingerprint density at radius 3 is 2.33 bits per heavy atom. The topological polar surface area (TPSA) is 29.1 Å². The highest BCUT2D eigenvalue weighted by molar-refractivity contribution is 9.10. The molecule has 0 aliphatic carbocycles. The summed E-state index contributed by atoms with van der Waals surface area (Å²) in [5.41, 5.74) is 0.676. The molecule has 0 spiro atoms. The van der Waals surface area contributed by atoms with Crippen LogP contribution in [0.2, 0.25) is 0 Å². The Balaban J connectivity index is 2.25. The van der Waals surface area contributed by atoms with Gasteiger partial charge in [0.25, 0.3) is 5.91 Å². The summed E-state index contributed by atoms with van der Waals surface area (Å²) in [6.45, 7) is 3.81. The number of amides is 1. The SMILES string of the molecule is CC(C)(NC(=O)c1cccc(F)c1Br)c1ccc(Br)cc1. The van der Waals surface area contributed by atoms with Crippen LogP contribution in [0.1, 0.15) is 29.8 Å². The quantitative estimate of drug-likeness (QED) is 0.750. The lowest BCUT2D eigenvalue weighted by molar-refractivity contribution is 0.0910. The van der Waals surface area contributed by atoms with E-state index in [0.717, 1.165) is 10.0 Å². The summed E-state index contributed by atoms with van der Waals surface area (Å²) in [6.07, 6.45) is 0. The Morgan fingerprint density at radius 1 is 1.10 bits per heavy atom. The van der Waals surface area contributed by atoms with Crippen LogP contribution in [0.15, 0.2) is 51.4 Å². The van der Waals surface area contributed by atoms with Crippen LogP contribution in [0.5, 0.6) is 0 Å². The van der Waals surface area contributed by atoms with Crippen molar-refractivity contribution in [3.63, 3.8) is 0 Å². The molecule has 21 heavy (non-hydrogen) atoms. The molecule has 1 N–H and O–H groups in total. The Kier molecular flexibility index (Phi) is 4.84. The van der Waals surface area contributed by atoms with Crippen LogP contribution >= 0.6 is 31.9 Å². The highest BCUT2D eigenvalue weighted by Crippen LogP contribution is 2.25. The number of benzene rings is 2. The molecule has 0 saturated carbocycles. The number of halogens is 3. The lowest BCUT2D eigenvalue weighted by Gasteiger charge is -2.27. The first-order chi connectivity index (χ1) is 9.81. The summed E-state index contributed by atoms with van der Waals surface area (Å²) in [4.78, 5) is 12.4. The van der Waals surface area contributed by atoms with E-state index in [-0.39, 0.29) is 15.9 Å². The van der Waals surface area contributed by atoms with E-state index in [2.05, 4.69) is 37.2 Å². The second-order valence-corrected chi connectivity index (χ2v) is 6.90. The van der Waals surface area contributed by atoms with Crippen LogP contribution in [0.25, 0.3) is 0 Å². The van der Waals surface area contributed by atoms with E-state index in [1.54, 1.807) is 6.07 Å². The summed E-state index contributed by atoms with van der Waals surface area (Å²) in [6, 6.07) is 12.1. The van der Waals surface area contributed by atoms with Crippen molar-refractivity contribution >= 4 is 37.8 Å². The van der Waals surface area contributed by atoms with Crippen LogP contribution in [-0.4, -0.2) is 5.91 Å². The van der Waals surface area contributed by atoms with Gasteiger partial charge in [0.1, 0.15) is 5.82 Å². The van der Waals surface area contributed by atoms with Gasteiger partial charge in [0.2, 0.25) is 0 Å². The van der Waals surface area contributed by atoms with Gasteiger partial charge in [0.05, 0.1) is 15.6 Å². The molecule has 2 nitrogen and oxygen atoms in total. The minimum atomic E-state index is -0.566. The zero-order valence-electron chi connectivity index (χ0n) is 11.6. The van der Waals surface area contributed by atoms with Crippen LogP contribution in [0, 0.1) is 5.82 Å². The molecule has 1 amide bonds. The first-order valence-corrected chi connectivity index (χ1v) is 7.92. The summed E-state index contributed by atoms with van der Waals surface area (Å²) >= 11 is 6.49. The monoisotopic (exact) mass is 413 g/mol. The molecule has 0 saturated heterocycles. The molecule has 0 aromatic heterocycles. The fourth-order valence-corrected chi connectivity index (χ4v) is 2.68. The Hall–Kier alpha value is -1.20. The van der Waals surface area contributed by atoms with Gasteiger partial charge in [-0.1, -0.05) is 34.1 Å². The molecule has 0 fully saturated rings. The number of carbonyl (C=O) groups is 1. The molecule has 5 heteroatoms. The van der Waals surface area contributed by atoms with Crippen LogP contribution < -0.4 is 5.32 Å². The third-order valence-electron chi connectivity index (χ3n) is 3.19. The van der Waals surface area contributed by atoms with Crippen LogP contribution in [0.4, 0.5) is 4.39 Å². The normalized spacial score (nSPS) is 11.3. The van der Waals surface area contributed by atoms with Gasteiger partial charge >= 0.3 is 0 Å². The van der Waals surface area contributed by atoms with Crippen molar-refractivity contribution in [2.24, 2.45) is 0 Å². The minimum Gasteiger partial charge on any atom is -0.343 e. The average molecular weight is 415 g/mol. The molecule has 0 aliphatic rings. The largest absolute Gasteiger partial charge is 0.343 e. The van der Waals surface area contributed by atoms with Gasteiger partial charge in [-0.05, 0) is 59.6 Å². The van der Waals surface area contributed by atoms with Gasteiger partial charge in [-0.15, -0.1) is 0 Å². The zero-order chi connectivity index (χ0) is 15.6. The van der Waals surface area contributed by atoms with Crippen molar-refractivity contribution in [1.29, 1.82) is 0 Å². The maximum Gasteiger partial charge on any atom is 0.253 e. The van der Waals surface area contributed by atoms with Crippen molar-refractivity contribution in [2.45, 2.75) is 19.4 Å². The number of hydrogen-bond donors (Lipinski definition) is 1. The smallest absolute Gasteiger partial charge is 0.253 e. The summed E-state index contributed by atoms with van der Waals surface area (Å²) in [7, 11) is 0. The predicted octanol–water partition coefficient (Wildman–Crippen LogP) is 5.02. The van der Waals surface area contributed by atoms with Gasteiger partial charge < -0.3 is 5.32 Å². The standard InChI is InChI=1S/C16H14Br2FNO/c1-16(2,10-6-8-11(17)9-7-10)20-15(21)12-4-3-5-13(19)14(12)18/h3-9H,1-2H3,(H,20,21). The first-order valence-electron chi connectivity index (χ1n) is 6.34. The third kappa shape index (κ3) is 3.71. The molecule has 0 atom stereocenters. The van der Waals surface area contributed by atoms with Gasteiger partial charge in [-0.25, -0.2) is 4.39 Å². The van der Waals surface area contributed by atoms with Gasteiger partial charge in [0, 0.05) is 4.47 Å². The predicted molar refractivity (Wildman–Crippen MR) is 88.7 cm³/mol. The second kappa shape index (κ2) is 6.28. The number of nitrogens with one attached hydrogen (secondary N) is 1. The van der Waals surface area contributed by atoms with Crippen molar-refractivity contribution in [3.8, 4) is 0 Å². The molecule has 110 valence electrons. The van der Waals surface area contributed by atoms with Gasteiger partial charge in [0.15, 0.2) is 0 Å². The van der Waals surface area contributed by atoms with E-state index >= 15 is 0 Å². The van der Waals surface area contributed by atoms with Gasteiger partial charge in [-0.3, -0.25) is 4.79 Å². The van der Waals surface area contributed by atoms with Crippen molar-refractivity contribution in [3.05, 3.63) is 68.4 Å². The van der Waals surface area contributed by atoms with E-state index in [1.165, 1.54) is 12.1 Å². The van der Waals surface area contributed by atoms with Crippen molar-refractivity contribution in [2.75, 3.05) is 0 Å². The Labute approximate surface area is 140 Å².